The Kier molecular flexibility index (Phi) is 8.21. The standard InChI is InChI=1S/C12H25NO3/c1-9(2)8-11(12(14)15-5)13-6-7-16-10(3)4/h9-11,13H,6-8H2,1-5H3. The first-order valence-corrected chi connectivity index (χ1v) is 5.90. The van der Waals surface area contributed by atoms with E-state index in [9.17, 15) is 4.79 Å². The maximum absolute atomic E-state index is 11.5. The number of carbonyl (C=O) groups excluding carboxylic acids is 1. The van der Waals surface area contributed by atoms with Crippen molar-refractivity contribution in [1.82, 2.24) is 5.32 Å². The van der Waals surface area contributed by atoms with Crippen molar-refractivity contribution in [3.63, 3.8) is 0 Å². The van der Waals surface area contributed by atoms with Gasteiger partial charge in [-0.05, 0) is 26.2 Å². The Morgan fingerprint density at radius 3 is 2.31 bits per heavy atom. The van der Waals surface area contributed by atoms with Crippen molar-refractivity contribution in [2.45, 2.75) is 46.3 Å². The molecule has 0 bridgehead atoms. The van der Waals surface area contributed by atoms with Crippen LogP contribution in [0.3, 0.4) is 0 Å². The average Bonchev–Trinajstić information content (AvgIpc) is 2.20. The van der Waals surface area contributed by atoms with E-state index in [1.54, 1.807) is 0 Å². The van der Waals surface area contributed by atoms with Gasteiger partial charge in [0.2, 0.25) is 0 Å². The van der Waals surface area contributed by atoms with E-state index in [4.69, 9.17) is 9.47 Å². The molecule has 1 atom stereocenters. The molecule has 0 aliphatic carbocycles. The molecule has 0 aromatic rings. The van der Waals surface area contributed by atoms with Crippen LogP contribution in [0.1, 0.15) is 34.1 Å². The number of esters is 1. The van der Waals surface area contributed by atoms with E-state index < -0.39 is 0 Å². The number of rotatable bonds is 8. The second kappa shape index (κ2) is 8.53. The fourth-order valence-corrected chi connectivity index (χ4v) is 1.40. The highest BCUT2D eigenvalue weighted by Gasteiger charge is 2.19. The molecular weight excluding hydrogens is 206 g/mol. The summed E-state index contributed by atoms with van der Waals surface area (Å²) in [6, 6.07) is -0.222. The highest BCUT2D eigenvalue weighted by molar-refractivity contribution is 5.75. The lowest BCUT2D eigenvalue weighted by atomic mass is 10.0. The molecule has 0 fully saturated rings. The van der Waals surface area contributed by atoms with E-state index in [-0.39, 0.29) is 18.1 Å². The van der Waals surface area contributed by atoms with Crippen LogP contribution in [-0.2, 0) is 14.3 Å². The Balaban J connectivity index is 3.88. The molecule has 4 nitrogen and oxygen atoms in total. The number of hydrogen-bond acceptors (Lipinski definition) is 4. The van der Waals surface area contributed by atoms with E-state index in [1.165, 1.54) is 7.11 Å². The van der Waals surface area contributed by atoms with Gasteiger partial charge in [-0.25, -0.2) is 0 Å². The summed E-state index contributed by atoms with van der Waals surface area (Å²) < 4.78 is 10.1. The highest BCUT2D eigenvalue weighted by Crippen LogP contribution is 2.05. The van der Waals surface area contributed by atoms with Crippen LogP contribution in [0.15, 0.2) is 0 Å². The fourth-order valence-electron chi connectivity index (χ4n) is 1.40. The molecule has 0 amide bonds. The van der Waals surface area contributed by atoms with Crippen molar-refractivity contribution in [2.24, 2.45) is 5.92 Å². The van der Waals surface area contributed by atoms with Gasteiger partial charge in [-0.2, -0.15) is 0 Å². The summed E-state index contributed by atoms with van der Waals surface area (Å²) in [5.41, 5.74) is 0. The van der Waals surface area contributed by atoms with Gasteiger partial charge in [0.1, 0.15) is 6.04 Å². The predicted octanol–water partition coefficient (Wildman–Crippen LogP) is 1.59. The Morgan fingerprint density at radius 2 is 1.88 bits per heavy atom. The largest absolute Gasteiger partial charge is 0.468 e. The molecule has 0 radical (unpaired) electrons. The van der Waals surface area contributed by atoms with Gasteiger partial charge in [-0.15, -0.1) is 0 Å². The lowest BCUT2D eigenvalue weighted by Crippen LogP contribution is -2.40. The van der Waals surface area contributed by atoms with E-state index in [0.29, 0.717) is 19.1 Å². The van der Waals surface area contributed by atoms with Gasteiger partial charge in [0, 0.05) is 6.54 Å². The Hall–Kier alpha value is -0.610. The number of carbonyl (C=O) groups is 1. The SMILES string of the molecule is COC(=O)C(CC(C)C)NCCOC(C)C. The van der Waals surface area contributed by atoms with Crippen LogP contribution >= 0.6 is 0 Å². The maximum atomic E-state index is 11.5. The molecule has 0 rings (SSSR count). The summed E-state index contributed by atoms with van der Waals surface area (Å²) in [4.78, 5) is 11.5. The Bertz CT molecular complexity index is 193. The highest BCUT2D eigenvalue weighted by atomic mass is 16.5. The molecule has 0 aliphatic heterocycles. The second-order valence-corrected chi connectivity index (χ2v) is 4.58. The van der Waals surface area contributed by atoms with Crippen molar-refractivity contribution in [3.8, 4) is 0 Å². The number of methoxy groups -OCH3 is 1. The summed E-state index contributed by atoms with van der Waals surface area (Å²) >= 11 is 0. The molecule has 1 unspecified atom stereocenters. The van der Waals surface area contributed by atoms with Crippen molar-refractivity contribution >= 4 is 5.97 Å². The van der Waals surface area contributed by atoms with Gasteiger partial charge < -0.3 is 14.8 Å². The third kappa shape index (κ3) is 7.65. The first-order chi connectivity index (χ1) is 7.47. The van der Waals surface area contributed by atoms with E-state index in [2.05, 4.69) is 19.2 Å². The molecule has 0 saturated heterocycles. The second-order valence-electron chi connectivity index (χ2n) is 4.58. The van der Waals surface area contributed by atoms with Gasteiger partial charge in [-0.1, -0.05) is 13.8 Å². The molecular formula is C12H25NO3. The molecule has 1 N–H and O–H groups in total. The summed E-state index contributed by atoms with van der Waals surface area (Å²) in [6.07, 6.45) is 1.01. The van der Waals surface area contributed by atoms with Gasteiger partial charge in [-0.3, -0.25) is 4.79 Å². The minimum atomic E-state index is -0.222. The van der Waals surface area contributed by atoms with Gasteiger partial charge >= 0.3 is 5.97 Å². The fraction of sp³-hybridized carbons (Fsp3) is 0.917. The summed E-state index contributed by atoms with van der Waals surface area (Å²) in [7, 11) is 1.42. The van der Waals surface area contributed by atoms with Crippen molar-refractivity contribution < 1.29 is 14.3 Å². The first kappa shape index (κ1) is 15.4. The van der Waals surface area contributed by atoms with Crippen molar-refractivity contribution in [3.05, 3.63) is 0 Å². The number of nitrogens with one attached hydrogen (secondary N) is 1. The molecule has 0 aromatic carbocycles. The number of hydrogen-bond donors (Lipinski definition) is 1. The quantitative estimate of drug-likeness (QED) is 0.509. The lowest BCUT2D eigenvalue weighted by Gasteiger charge is -2.18. The molecule has 4 heteroatoms. The first-order valence-electron chi connectivity index (χ1n) is 5.90. The predicted molar refractivity (Wildman–Crippen MR) is 64.3 cm³/mol. The third-order valence-corrected chi connectivity index (χ3v) is 2.14. The third-order valence-electron chi connectivity index (χ3n) is 2.14. The van der Waals surface area contributed by atoms with Gasteiger partial charge in [0.05, 0.1) is 19.8 Å². The monoisotopic (exact) mass is 231 g/mol. The topological polar surface area (TPSA) is 47.6 Å². The van der Waals surface area contributed by atoms with Gasteiger partial charge in [0.15, 0.2) is 0 Å². The van der Waals surface area contributed by atoms with Crippen LogP contribution in [0.4, 0.5) is 0 Å². The van der Waals surface area contributed by atoms with Crippen molar-refractivity contribution in [2.75, 3.05) is 20.3 Å². The smallest absolute Gasteiger partial charge is 0.322 e. The van der Waals surface area contributed by atoms with E-state index >= 15 is 0 Å². The zero-order valence-corrected chi connectivity index (χ0v) is 11.1. The minimum absolute atomic E-state index is 0.196. The van der Waals surface area contributed by atoms with Crippen LogP contribution in [-0.4, -0.2) is 38.4 Å². The zero-order valence-electron chi connectivity index (χ0n) is 11.1. The Morgan fingerprint density at radius 1 is 1.25 bits per heavy atom. The minimum Gasteiger partial charge on any atom is -0.468 e. The normalized spacial score (nSPS) is 13.2. The number of ether oxygens (including phenoxy) is 2. The zero-order chi connectivity index (χ0) is 12.6. The van der Waals surface area contributed by atoms with Crippen LogP contribution in [0.25, 0.3) is 0 Å². The van der Waals surface area contributed by atoms with E-state index in [0.717, 1.165) is 6.42 Å². The average molecular weight is 231 g/mol. The molecule has 0 aliphatic rings. The summed E-state index contributed by atoms with van der Waals surface area (Å²) in [5, 5.41) is 3.16. The molecule has 0 heterocycles. The van der Waals surface area contributed by atoms with Crippen LogP contribution < -0.4 is 5.32 Å². The molecule has 96 valence electrons. The lowest BCUT2D eigenvalue weighted by molar-refractivity contribution is -0.143. The molecule has 0 aromatic heterocycles. The van der Waals surface area contributed by atoms with E-state index in [1.807, 2.05) is 13.8 Å². The Labute approximate surface area is 98.7 Å². The maximum Gasteiger partial charge on any atom is 0.322 e. The van der Waals surface area contributed by atoms with Crippen LogP contribution in [0.2, 0.25) is 0 Å². The van der Waals surface area contributed by atoms with Crippen LogP contribution in [0, 0.1) is 5.92 Å². The van der Waals surface area contributed by atoms with Crippen LogP contribution in [0.5, 0.6) is 0 Å². The van der Waals surface area contributed by atoms with Crippen molar-refractivity contribution in [1.29, 1.82) is 0 Å². The molecule has 16 heavy (non-hydrogen) atoms. The summed E-state index contributed by atoms with van der Waals surface area (Å²) in [5.74, 6) is 0.265. The van der Waals surface area contributed by atoms with Gasteiger partial charge in [0.25, 0.3) is 0 Å². The molecule has 0 saturated carbocycles. The summed E-state index contributed by atoms with van der Waals surface area (Å²) in [6.45, 7) is 9.44. The molecule has 0 spiro atoms.